The van der Waals surface area contributed by atoms with Crippen LogP contribution in [0.1, 0.15) is 70.6 Å². The molecule has 1 fully saturated rings. The molecule has 0 radical (unpaired) electrons. The predicted octanol–water partition coefficient (Wildman–Crippen LogP) is 5.22. The van der Waals surface area contributed by atoms with Gasteiger partial charge in [0.25, 0.3) is 0 Å². The first-order chi connectivity index (χ1) is 18.3. The molecule has 0 saturated heterocycles. The molecule has 1 aliphatic rings. The van der Waals surface area contributed by atoms with E-state index in [9.17, 15) is 14.4 Å². The Morgan fingerprint density at radius 1 is 1.11 bits per heavy atom. The lowest BCUT2D eigenvalue weighted by Gasteiger charge is -2.37. The van der Waals surface area contributed by atoms with E-state index in [2.05, 4.69) is 9.88 Å². The number of halogens is 1. The molecule has 1 heterocycles. The predicted molar refractivity (Wildman–Crippen MR) is 149 cm³/mol. The third-order valence-electron chi connectivity index (χ3n) is 7.27. The Morgan fingerprint density at radius 3 is 2.53 bits per heavy atom. The lowest BCUT2D eigenvalue weighted by molar-refractivity contribution is -0.141. The van der Waals surface area contributed by atoms with Crippen molar-refractivity contribution in [3.63, 3.8) is 0 Å². The van der Waals surface area contributed by atoms with Crippen LogP contribution in [-0.4, -0.2) is 64.1 Å². The topological polar surface area (TPSA) is 83.9 Å². The molecule has 1 aliphatic carbocycles. The van der Waals surface area contributed by atoms with E-state index in [1.165, 1.54) is 11.3 Å². The van der Waals surface area contributed by atoms with Gasteiger partial charge in [0.05, 0.1) is 13.2 Å². The van der Waals surface area contributed by atoms with Crippen molar-refractivity contribution in [2.75, 3.05) is 19.7 Å². The van der Waals surface area contributed by atoms with Crippen LogP contribution in [-0.2, 0) is 27.4 Å². The van der Waals surface area contributed by atoms with Crippen LogP contribution >= 0.6 is 11.6 Å². The summed E-state index contributed by atoms with van der Waals surface area (Å²) < 4.78 is 7.05. The van der Waals surface area contributed by atoms with Crippen LogP contribution in [0.15, 0.2) is 42.6 Å². The molecule has 3 rings (SSSR count). The molecule has 0 spiro atoms. The van der Waals surface area contributed by atoms with Crippen molar-refractivity contribution >= 4 is 29.5 Å². The highest BCUT2D eigenvalue weighted by atomic mass is 35.5. The highest BCUT2D eigenvalue weighted by Gasteiger charge is 2.30. The summed E-state index contributed by atoms with van der Waals surface area (Å²) in [5, 5.41) is 3.33. The van der Waals surface area contributed by atoms with Gasteiger partial charge >= 0.3 is 12.0 Å². The fourth-order valence-electron chi connectivity index (χ4n) is 4.89. The number of hydrogen-bond acceptors (Lipinski definition) is 4. The zero-order chi connectivity index (χ0) is 27.5. The number of esters is 1. The number of carbonyl (C=O) groups excluding carboxylic acids is 3. The van der Waals surface area contributed by atoms with Crippen LogP contribution in [0.2, 0.25) is 5.02 Å². The number of carbonyl (C=O) groups is 3. The number of benzene rings is 1. The molecule has 1 saturated carbocycles. The maximum absolute atomic E-state index is 13.9. The van der Waals surface area contributed by atoms with Crippen LogP contribution in [0.3, 0.4) is 0 Å². The van der Waals surface area contributed by atoms with Gasteiger partial charge < -0.3 is 24.4 Å². The van der Waals surface area contributed by atoms with Crippen LogP contribution in [0.25, 0.3) is 0 Å². The van der Waals surface area contributed by atoms with Gasteiger partial charge in [0.15, 0.2) is 0 Å². The smallest absolute Gasteiger partial charge is 0.325 e. The summed E-state index contributed by atoms with van der Waals surface area (Å²) in [5.41, 5.74) is 2.04. The number of urea groups is 1. The van der Waals surface area contributed by atoms with Gasteiger partial charge in [-0.1, -0.05) is 56.0 Å². The molecule has 8 nitrogen and oxygen atoms in total. The molecule has 1 aromatic carbocycles. The first-order valence-corrected chi connectivity index (χ1v) is 14.1. The minimum absolute atomic E-state index is 0.0502. The van der Waals surface area contributed by atoms with Gasteiger partial charge in [-0.05, 0) is 56.9 Å². The number of hydrogen-bond donors (Lipinski definition) is 1. The van der Waals surface area contributed by atoms with Crippen LogP contribution < -0.4 is 5.32 Å². The molecule has 0 bridgehead atoms. The second-order valence-corrected chi connectivity index (χ2v) is 10.3. The Bertz CT molecular complexity index is 1070. The van der Waals surface area contributed by atoms with E-state index >= 15 is 0 Å². The van der Waals surface area contributed by atoms with E-state index in [0.29, 0.717) is 24.5 Å². The maximum Gasteiger partial charge on any atom is 0.325 e. The number of aromatic nitrogens is 1. The molecule has 208 valence electrons. The Hall–Kier alpha value is -3.00. The SMILES string of the molecule is CCOC(=O)CNC(=O)N(CC(=O)N(Cc1cccn1Cc1ccccc1Cl)C1CCCCC1)C(C)CC. The second kappa shape index (κ2) is 14.8. The number of nitrogens with one attached hydrogen (secondary N) is 1. The fraction of sp³-hybridized carbons (Fsp3) is 0.552. The molecule has 38 heavy (non-hydrogen) atoms. The van der Waals surface area contributed by atoms with E-state index in [-0.39, 0.29) is 37.7 Å². The number of nitrogens with zero attached hydrogens (tertiary/aromatic N) is 3. The van der Waals surface area contributed by atoms with E-state index in [4.69, 9.17) is 16.3 Å². The third-order valence-corrected chi connectivity index (χ3v) is 7.64. The third kappa shape index (κ3) is 8.25. The molecule has 3 amide bonds. The average molecular weight is 545 g/mol. The van der Waals surface area contributed by atoms with Gasteiger partial charge in [0, 0.05) is 35.5 Å². The van der Waals surface area contributed by atoms with Gasteiger partial charge in [-0.15, -0.1) is 0 Å². The van der Waals surface area contributed by atoms with Gasteiger partial charge in [0.1, 0.15) is 13.1 Å². The molecule has 9 heteroatoms. The number of amides is 3. The quantitative estimate of drug-likeness (QED) is 0.371. The van der Waals surface area contributed by atoms with Crippen LogP contribution in [0, 0.1) is 0 Å². The summed E-state index contributed by atoms with van der Waals surface area (Å²) in [6, 6.07) is 11.3. The lowest BCUT2D eigenvalue weighted by atomic mass is 9.94. The van der Waals surface area contributed by atoms with Gasteiger partial charge in [0.2, 0.25) is 5.91 Å². The number of rotatable bonds is 12. The molecule has 1 aromatic heterocycles. The largest absolute Gasteiger partial charge is 0.465 e. The van der Waals surface area contributed by atoms with Gasteiger partial charge in [-0.25, -0.2) is 4.79 Å². The van der Waals surface area contributed by atoms with Gasteiger partial charge in [-0.2, -0.15) is 0 Å². The highest BCUT2D eigenvalue weighted by Crippen LogP contribution is 2.26. The molecular weight excluding hydrogens is 504 g/mol. The minimum atomic E-state index is -0.501. The van der Waals surface area contributed by atoms with Crippen molar-refractivity contribution in [3.05, 3.63) is 58.9 Å². The molecule has 1 unspecified atom stereocenters. The summed E-state index contributed by atoms with van der Waals surface area (Å²) >= 11 is 6.41. The Kier molecular flexibility index (Phi) is 11.5. The van der Waals surface area contributed by atoms with Crippen LogP contribution in [0.5, 0.6) is 0 Å². The summed E-state index contributed by atoms with van der Waals surface area (Å²) in [5.74, 6) is -0.589. The Balaban J connectivity index is 1.78. The van der Waals surface area contributed by atoms with Crippen molar-refractivity contribution in [1.29, 1.82) is 0 Å². The zero-order valence-electron chi connectivity index (χ0n) is 22.8. The standard InChI is InChI=1S/C29H41ClN4O4/c1-4-22(3)33(29(37)31-18-28(36)38-5-2)21-27(35)34(24-13-7-6-8-14-24)20-25-15-11-17-32(25)19-23-12-9-10-16-26(23)30/h9-12,15-17,22,24H,4-8,13-14,18-21H2,1-3H3,(H,31,37). The van der Waals surface area contributed by atoms with Crippen molar-refractivity contribution in [1.82, 2.24) is 19.7 Å². The normalized spacial score (nSPS) is 14.5. The molecular formula is C29H41ClN4O4. The van der Waals surface area contributed by atoms with E-state index in [1.807, 2.05) is 61.3 Å². The summed E-state index contributed by atoms with van der Waals surface area (Å²) in [4.78, 5) is 42.1. The Labute approximate surface area is 231 Å². The van der Waals surface area contributed by atoms with E-state index in [1.54, 1.807) is 6.92 Å². The summed E-state index contributed by atoms with van der Waals surface area (Å²) in [7, 11) is 0. The van der Waals surface area contributed by atoms with Crippen molar-refractivity contribution < 1.29 is 19.1 Å². The monoisotopic (exact) mass is 544 g/mol. The average Bonchev–Trinajstić information content (AvgIpc) is 3.36. The number of ether oxygens (including phenoxy) is 1. The molecule has 0 aliphatic heterocycles. The zero-order valence-corrected chi connectivity index (χ0v) is 23.6. The first-order valence-electron chi connectivity index (χ1n) is 13.7. The van der Waals surface area contributed by atoms with E-state index in [0.717, 1.165) is 36.9 Å². The second-order valence-electron chi connectivity index (χ2n) is 9.88. The molecule has 1 atom stereocenters. The van der Waals surface area contributed by atoms with Gasteiger partial charge in [-0.3, -0.25) is 9.59 Å². The highest BCUT2D eigenvalue weighted by molar-refractivity contribution is 6.31. The van der Waals surface area contributed by atoms with Crippen molar-refractivity contribution in [2.24, 2.45) is 0 Å². The molecule has 1 N–H and O–H groups in total. The lowest BCUT2D eigenvalue weighted by Crippen LogP contribution is -2.52. The Morgan fingerprint density at radius 2 is 1.84 bits per heavy atom. The maximum atomic E-state index is 13.9. The summed E-state index contributed by atoms with van der Waals surface area (Å²) in [6.07, 6.45) is 7.95. The van der Waals surface area contributed by atoms with Crippen molar-refractivity contribution in [3.8, 4) is 0 Å². The van der Waals surface area contributed by atoms with Crippen LogP contribution in [0.4, 0.5) is 4.79 Å². The first kappa shape index (κ1) is 29.6. The molecule has 2 aromatic rings. The summed E-state index contributed by atoms with van der Waals surface area (Å²) in [6.45, 7) is 6.65. The fourth-order valence-corrected chi connectivity index (χ4v) is 5.09. The van der Waals surface area contributed by atoms with Crippen molar-refractivity contribution in [2.45, 2.75) is 84.5 Å². The minimum Gasteiger partial charge on any atom is -0.465 e. The van der Waals surface area contributed by atoms with E-state index < -0.39 is 12.0 Å².